The zero-order valence-corrected chi connectivity index (χ0v) is 44.1. The van der Waals surface area contributed by atoms with E-state index in [1.54, 1.807) is 0 Å². The van der Waals surface area contributed by atoms with Crippen LogP contribution in [0.4, 0.5) is 0 Å². The van der Waals surface area contributed by atoms with Gasteiger partial charge in [0.25, 0.3) is 0 Å². The fraction of sp³-hybridized carbons (Fsp3) is 0.661. The van der Waals surface area contributed by atoms with Gasteiger partial charge in [-0.15, -0.1) is 0 Å². The highest BCUT2D eigenvalue weighted by Crippen LogP contribution is 2.15. The number of esters is 3. The van der Waals surface area contributed by atoms with E-state index in [-0.39, 0.29) is 37.5 Å². The Morgan fingerprint density at radius 3 is 0.926 bits per heavy atom. The van der Waals surface area contributed by atoms with Crippen LogP contribution < -0.4 is 0 Å². The first-order valence-electron chi connectivity index (χ1n) is 28.0. The average molecular weight is 943 g/mol. The van der Waals surface area contributed by atoms with Crippen molar-refractivity contribution in [3.63, 3.8) is 0 Å². The summed E-state index contributed by atoms with van der Waals surface area (Å²) in [7, 11) is 0. The highest BCUT2D eigenvalue weighted by molar-refractivity contribution is 5.71. The summed E-state index contributed by atoms with van der Waals surface area (Å²) in [5.74, 6) is -0.975. The van der Waals surface area contributed by atoms with Crippen LogP contribution >= 0.6 is 0 Å². The highest BCUT2D eigenvalue weighted by Gasteiger charge is 2.19. The second kappa shape index (κ2) is 55.7. The lowest BCUT2D eigenvalue weighted by Crippen LogP contribution is -2.30. The fourth-order valence-corrected chi connectivity index (χ4v) is 7.53. The summed E-state index contributed by atoms with van der Waals surface area (Å²) >= 11 is 0. The molecule has 0 fully saturated rings. The molecule has 386 valence electrons. The van der Waals surface area contributed by atoms with Crippen molar-refractivity contribution in [2.45, 2.75) is 252 Å². The number of ether oxygens (including phenoxy) is 3. The first kappa shape index (κ1) is 64.1. The van der Waals surface area contributed by atoms with Crippen molar-refractivity contribution >= 4 is 17.9 Å². The molecule has 0 amide bonds. The predicted molar refractivity (Wildman–Crippen MR) is 293 cm³/mol. The maximum Gasteiger partial charge on any atom is 0.306 e. The lowest BCUT2D eigenvalue weighted by Gasteiger charge is -2.18. The first-order chi connectivity index (χ1) is 33.5. The van der Waals surface area contributed by atoms with Gasteiger partial charge in [-0.3, -0.25) is 14.4 Å². The number of carbonyl (C=O) groups excluding carboxylic acids is 3. The van der Waals surface area contributed by atoms with E-state index in [0.717, 1.165) is 83.5 Å². The van der Waals surface area contributed by atoms with Crippen LogP contribution in [0.5, 0.6) is 0 Å². The Morgan fingerprint density at radius 1 is 0.309 bits per heavy atom. The Bertz CT molecular complexity index is 1410. The summed E-state index contributed by atoms with van der Waals surface area (Å²) in [4.78, 5) is 38.1. The van der Waals surface area contributed by atoms with Gasteiger partial charge < -0.3 is 14.2 Å². The van der Waals surface area contributed by atoms with Crippen LogP contribution in [0.15, 0.2) is 109 Å². The standard InChI is InChI=1S/C62H102O6/c1-4-7-10-13-16-19-22-25-28-30-31-32-35-37-40-43-46-49-52-55-61(64)67-58-59(57-66-60(63)54-51-48-45-42-39-36-33-27-24-21-18-15-12-9-6-3)68-62(65)56-53-50-47-44-41-38-34-29-26-23-20-17-14-11-8-5-2/h7,10,13,16,19,22,25,28-32,34-35,37-38,40-41,59H,4-6,8-9,11-12,14-15,17-18,20-21,23-24,26-27,33,36,39,42-58H2,1-3H3/b10-7-,16-13-,22-19-,28-25-,31-30+,34-29-,35-32-,40-37-,41-38-. The minimum absolute atomic E-state index is 0.103. The minimum atomic E-state index is -0.812. The maximum absolute atomic E-state index is 12.8. The third-order valence-electron chi connectivity index (χ3n) is 11.7. The Kier molecular flexibility index (Phi) is 52.4. The van der Waals surface area contributed by atoms with Crippen LogP contribution in [0.1, 0.15) is 245 Å². The van der Waals surface area contributed by atoms with Crippen LogP contribution in [0.3, 0.4) is 0 Å². The molecule has 6 heteroatoms. The molecule has 0 aromatic rings. The minimum Gasteiger partial charge on any atom is -0.462 e. The molecule has 0 aliphatic carbocycles. The smallest absolute Gasteiger partial charge is 0.306 e. The molecule has 0 heterocycles. The van der Waals surface area contributed by atoms with Crippen LogP contribution in [0, 0.1) is 0 Å². The lowest BCUT2D eigenvalue weighted by atomic mass is 10.0. The molecule has 1 unspecified atom stereocenters. The zero-order chi connectivity index (χ0) is 49.3. The third-order valence-corrected chi connectivity index (χ3v) is 11.7. The van der Waals surface area contributed by atoms with Gasteiger partial charge in [-0.25, -0.2) is 0 Å². The summed E-state index contributed by atoms with van der Waals surface area (Å²) < 4.78 is 16.8. The molecule has 0 N–H and O–H groups in total. The van der Waals surface area contributed by atoms with E-state index in [1.165, 1.54) is 122 Å². The van der Waals surface area contributed by atoms with Crippen LogP contribution in [0.2, 0.25) is 0 Å². The molecule has 0 aromatic carbocycles. The second-order valence-electron chi connectivity index (χ2n) is 18.3. The number of carbonyl (C=O) groups is 3. The van der Waals surface area contributed by atoms with Gasteiger partial charge >= 0.3 is 17.9 Å². The van der Waals surface area contributed by atoms with Gasteiger partial charge in [0.2, 0.25) is 0 Å². The van der Waals surface area contributed by atoms with E-state index in [4.69, 9.17) is 14.2 Å². The summed E-state index contributed by atoms with van der Waals surface area (Å²) in [6.07, 6.45) is 75.0. The van der Waals surface area contributed by atoms with E-state index in [9.17, 15) is 14.4 Å². The molecule has 1 atom stereocenters. The third kappa shape index (κ3) is 53.0. The van der Waals surface area contributed by atoms with Gasteiger partial charge in [-0.05, 0) is 64.2 Å². The van der Waals surface area contributed by atoms with Crippen LogP contribution in [-0.4, -0.2) is 37.2 Å². The Hall–Kier alpha value is -3.93. The molecule has 0 radical (unpaired) electrons. The van der Waals surface area contributed by atoms with Gasteiger partial charge in [-0.1, -0.05) is 271 Å². The van der Waals surface area contributed by atoms with Crippen molar-refractivity contribution in [1.82, 2.24) is 0 Å². The number of rotatable bonds is 49. The number of unbranched alkanes of at least 4 members (excludes halogenated alkanes) is 27. The normalized spacial score (nSPS) is 12.9. The van der Waals surface area contributed by atoms with E-state index < -0.39 is 6.10 Å². The van der Waals surface area contributed by atoms with Crippen molar-refractivity contribution in [2.75, 3.05) is 13.2 Å². The highest BCUT2D eigenvalue weighted by atomic mass is 16.6. The lowest BCUT2D eigenvalue weighted by molar-refractivity contribution is -0.167. The van der Waals surface area contributed by atoms with Gasteiger partial charge in [0, 0.05) is 19.3 Å². The number of hydrogen-bond acceptors (Lipinski definition) is 6. The van der Waals surface area contributed by atoms with Crippen LogP contribution in [0.25, 0.3) is 0 Å². The van der Waals surface area contributed by atoms with E-state index in [2.05, 4.69) is 57.2 Å². The van der Waals surface area contributed by atoms with Crippen molar-refractivity contribution < 1.29 is 28.6 Å². The second-order valence-corrected chi connectivity index (χ2v) is 18.3. The largest absolute Gasteiger partial charge is 0.462 e. The van der Waals surface area contributed by atoms with Crippen LogP contribution in [-0.2, 0) is 28.6 Å². The molecule has 0 rings (SSSR count). The predicted octanol–water partition coefficient (Wildman–Crippen LogP) is 18.7. The summed E-state index contributed by atoms with van der Waals surface area (Å²) in [6.45, 7) is 6.43. The average Bonchev–Trinajstić information content (AvgIpc) is 3.34. The quantitative estimate of drug-likeness (QED) is 0.0262. The monoisotopic (exact) mass is 943 g/mol. The summed E-state index contributed by atoms with van der Waals surface area (Å²) in [5, 5.41) is 0. The Morgan fingerprint density at radius 2 is 0.574 bits per heavy atom. The van der Waals surface area contributed by atoms with E-state index >= 15 is 0 Å². The van der Waals surface area contributed by atoms with Gasteiger partial charge in [0.05, 0.1) is 0 Å². The summed E-state index contributed by atoms with van der Waals surface area (Å²) in [5.41, 5.74) is 0. The molecule has 0 saturated carbocycles. The number of allylic oxidation sites excluding steroid dienone is 18. The molecule has 0 bridgehead atoms. The topological polar surface area (TPSA) is 78.9 Å². The fourth-order valence-electron chi connectivity index (χ4n) is 7.53. The van der Waals surface area contributed by atoms with Gasteiger partial charge in [0.15, 0.2) is 6.10 Å². The van der Waals surface area contributed by atoms with Gasteiger partial charge in [-0.2, -0.15) is 0 Å². The molecule has 0 spiro atoms. The summed E-state index contributed by atoms with van der Waals surface area (Å²) in [6, 6.07) is 0. The molecule has 6 nitrogen and oxygen atoms in total. The molecular weight excluding hydrogens is 841 g/mol. The zero-order valence-electron chi connectivity index (χ0n) is 44.1. The molecule has 0 saturated heterocycles. The van der Waals surface area contributed by atoms with Crippen molar-refractivity contribution in [3.05, 3.63) is 109 Å². The van der Waals surface area contributed by atoms with Crippen molar-refractivity contribution in [2.24, 2.45) is 0 Å². The maximum atomic E-state index is 12.8. The number of hydrogen-bond donors (Lipinski definition) is 0. The molecular formula is C62H102O6. The van der Waals surface area contributed by atoms with Gasteiger partial charge in [0.1, 0.15) is 13.2 Å². The first-order valence-corrected chi connectivity index (χ1v) is 28.0. The molecule has 68 heavy (non-hydrogen) atoms. The molecule has 0 aliphatic rings. The van der Waals surface area contributed by atoms with Crippen molar-refractivity contribution in [3.8, 4) is 0 Å². The SMILES string of the molecule is CC\C=C/C=C\C=C/C=C\C=C\C=C/C=C\CCCCCC(=O)OCC(COC(=O)CCCCCCCCCCCCCCCCC)OC(=O)CCCCC/C=C\C=C/CCCCCCCCC. The van der Waals surface area contributed by atoms with E-state index in [0.29, 0.717) is 12.8 Å². The van der Waals surface area contributed by atoms with Crippen molar-refractivity contribution in [1.29, 1.82) is 0 Å². The molecule has 0 aromatic heterocycles. The Labute approximate surface area is 419 Å². The van der Waals surface area contributed by atoms with E-state index in [1.807, 2.05) is 72.9 Å². The molecule has 0 aliphatic heterocycles. The Balaban J connectivity index is 4.54.